The zero-order chi connectivity index (χ0) is 9.28. The van der Waals surface area contributed by atoms with E-state index in [-0.39, 0.29) is 5.75 Å². The molecule has 0 radical (unpaired) electrons. The first-order chi connectivity index (χ1) is 4.63. The molecule has 0 fully saturated rings. The van der Waals surface area contributed by atoms with Crippen LogP contribution in [0.25, 0.3) is 0 Å². The summed E-state index contributed by atoms with van der Waals surface area (Å²) in [7, 11) is -3.56. The van der Waals surface area contributed by atoms with Crippen LogP contribution in [0.1, 0.15) is 20.8 Å². The van der Waals surface area contributed by atoms with Crippen LogP contribution in [0.5, 0.6) is 0 Å². The Balaban J connectivity index is 4.21. The van der Waals surface area contributed by atoms with Crippen molar-refractivity contribution in [1.29, 1.82) is 0 Å². The highest BCUT2D eigenvalue weighted by molar-refractivity contribution is 7.89. The van der Waals surface area contributed by atoms with Gasteiger partial charge in [0.05, 0.1) is 11.9 Å². The van der Waals surface area contributed by atoms with Crippen LogP contribution >= 0.6 is 0 Å². The molecule has 0 aromatic heterocycles. The van der Waals surface area contributed by atoms with Gasteiger partial charge in [0.15, 0.2) is 0 Å². The lowest BCUT2D eigenvalue weighted by Crippen LogP contribution is -2.35. The van der Waals surface area contributed by atoms with Crippen molar-refractivity contribution in [2.75, 3.05) is 5.75 Å². The first-order valence-electron chi connectivity index (χ1n) is 3.31. The van der Waals surface area contributed by atoms with Crippen LogP contribution in [0.2, 0.25) is 0 Å². The second-order valence-corrected chi connectivity index (χ2v) is 5.37. The lowest BCUT2D eigenvalue weighted by atomic mass is 9.90. The van der Waals surface area contributed by atoms with Gasteiger partial charge in [0.2, 0.25) is 10.0 Å². The van der Waals surface area contributed by atoms with Gasteiger partial charge in [0, 0.05) is 0 Å². The van der Waals surface area contributed by atoms with Crippen LogP contribution in [0.15, 0.2) is 0 Å². The summed E-state index contributed by atoms with van der Waals surface area (Å²) in [6.45, 7) is 5.26. The van der Waals surface area contributed by atoms with Gasteiger partial charge in [-0.15, -0.1) is 0 Å². The zero-order valence-corrected chi connectivity index (χ0v) is 7.85. The molecule has 11 heavy (non-hydrogen) atoms. The molecule has 0 aliphatic heterocycles. The van der Waals surface area contributed by atoms with Crippen LogP contribution in [0.4, 0.5) is 0 Å². The molecule has 5 heteroatoms. The standard InChI is InChI=1S/C6H15NO3S/c1-6(2,3)5(8)4-11(7,9)10/h5,8H,4H2,1-3H3,(H2,7,9,10). The minimum Gasteiger partial charge on any atom is -0.391 e. The van der Waals surface area contributed by atoms with E-state index in [0.717, 1.165) is 0 Å². The van der Waals surface area contributed by atoms with E-state index in [1.807, 2.05) is 0 Å². The minimum absolute atomic E-state index is 0.378. The van der Waals surface area contributed by atoms with E-state index in [9.17, 15) is 13.5 Å². The second kappa shape index (κ2) is 3.08. The molecule has 68 valence electrons. The van der Waals surface area contributed by atoms with E-state index >= 15 is 0 Å². The van der Waals surface area contributed by atoms with Crippen molar-refractivity contribution in [3.63, 3.8) is 0 Å². The molecule has 0 saturated heterocycles. The summed E-state index contributed by atoms with van der Waals surface area (Å²) in [6.07, 6.45) is -0.905. The number of aliphatic hydroxyl groups excluding tert-OH is 1. The Hall–Kier alpha value is -0.130. The number of nitrogens with two attached hydrogens (primary N) is 1. The molecule has 0 bridgehead atoms. The highest BCUT2D eigenvalue weighted by Crippen LogP contribution is 2.19. The first-order valence-corrected chi connectivity index (χ1v) is 5.03. The third kappa shape index (κ3) is 5.17. The Morgan fingerprint density at radius 1 is 1.45 bits per heavy atom. The van der Waals surface area contributed by atoms with Gasteiger partial charge < -0.3 is 5.11 Å². The Morgan fingerprint density at radius 2 is 1.82 bits per heavy atom. The molecule has 3 N–H and O–H groups in total. The molecule has 0 spiro atoms. The van der Waals surface area contributed by atoms with Crippen LogP contribution in [-0.4, -0.2) is 25.4 Å². The van der Waals surface area contributed by atoms with Gasteiger partial charge in [-0.05, 0) is 5.41 Å². The molecule has 0 rings (SSSR count). The maximum Gasteiger partial charge on any atom is 0.211 e. The van der Waals surface area contributed by atoms with Crippen LogP contribution in [-0.2, 0) is 10.0 Å². The summed E-state index contributed by atoms with van der Waals surface area (Å²) in [4.78, 5) is 0. The van der Waals surface area contributed by atoms with Crippen molar-refractivity contribution >= 4 is 10.0 Å². The second-order valence-electron chi connectivity index (χ2n) is 3.71. The number of hydrogen-bond acceptors (Lipinski definition) is 3. The van der Waals surface area contributed by atoms with Crippen LogP contribution < -0.4 is 5.14 Å². The van der Waals surface area contributed by atoms with Crippen molar-refractivity contribution in [3.05, 3.63) is 0 Å². The van der Waals surface area contributed by atoms with E-state index < -0.39 is 21.5 Å². The van der Waals surface area contributed by atoms with Crippen molar-refractivity contribution < 1.29 is 13.5 Å². The highest BCUT2D eigenvalue weighted by atomic mass is 32.2. The molecule has 0 saturated carbocycles. The number of sulfonamides is 1. The molecule has 0 aromatic carbocycles. The third-order valence-corrected chi connectivity index (χ3v) is 2.17. The Kier molecular flexibility index (Phi) is 3.05. The molecule has 4 nitrogen and oxygen atoms in total. The molecule has 1 atom stereocenters. The first kappa shape index (κ1) is 10.9. The molecular formula is C6H15NO3S. The lowest BCUT2D eigenvalue weighted by Gasteiger charge is -2.24. The summed E-state index contributed by atoms with van der Waals surface area (Å²) in [5.41, 5.74) is -0.438. The molecular weight excluding hydrogens is 166 g/mol. The van der Waals surface area contributed by atoms with E-state index in [4.69, 9.17) is 5.14 Å². The van der Waals surface area contributed by atoms with Crippen molar-refractivity contribution in [3.8, 4) is 0 Å². The Bertz CT molecular complexity index is 214. The lowest BCUT2D eigenvalue weighted by molar-refractivity contribution is 0.0827. The van der Waals surface area contributed by atoms with Crippen molar-refractivity contribution in [2.45, 2.75) is 26.9 Å². The van der Waals surface area contributed by atoms with Crippen LogP contribution in [0, 0.1) is 5.41 Å². The summed E-state index contributed by atoms with van der Waals surface area (Å²) in [5, 5.41) is 14.0. The highest BCUT2D eigenvalue weighted by Gasteiger charge is 2.25. The van der Waals surface area contributed by atoms with Gasteiger partial charge >= 0.3 is 0 Å². The van der Waals surface area contributed by atoms with E-state index in [2.05, 4.69) is 0 Å². The van der Waals surface area contributed by atoms with E-state index in [0.29, 0.717) is 0 Å². The molecule has 0 aromatic rings. The predicted molar refractivity (Wildman–Crippen MR) is 43.4 cm³/mol. The van der Waals surface area contributed by atoms with Crippen molar-refractivity contribution in [1.82, 2.24) is 0 Å². The zero-order valence-electron chi connectivity index (χ0n) is 7.03. The fraction of sp³-hybridized carbons (Fsp3) is 1.00. The van der Waals surface area contributed by atoms with Gasteiger partial charge in [-0.25, -0.2) is 13.6 Å². The number of primary sulfonamides is 1. The average Bonchev–Trinajstić information content (AvgIpc) is 1.56. The smallest absolute Gasteiger partial charge is 0.211 e. The molecule has 0 aliphatic rings. The average molecular weight is 181 g/mol. The van der Waals surface area contributed by atoms with Gasteiger partial charge in [-0.1, -0.05) is 20.8 Å². The van der Waals surface area contributed by atoms with Crippen LogP contribution in [0.3, 0.4) is 0 Å². The third-order valence-electron chi connectivity index (χ3n) is 1.39. The monoisotopic (exact) mass is 181 g/mol. The fourth-order valence-corrected chi connectivity index (χ4v) is 1.41. The van der Waals surface area contributed by atoms with Gasteiger partial charge in [0.1, 0.15) is 0 Å². The predicted octanol–water partition coefficient (Wildman–Crippen LogP) is -0.318. The molecule has 0 heterocycles. The topological polar surface area (TPSA) is 80.4 Å². The molecule has 1 unspecified atom stereocenters. The number of aliphatic hydroxyl groups is 1. The van der Waals surface area contributed by atoms with E-state index in [1.165, 1.54) is 0 Å². The van der Waals surface area contributed by atoms with Gasteiger partial charge in [-0.2, -0.15) is 0 Å². The number of hydrogen-bond donors (Lipinski definition) is 2. The van der Waals surface area contributed by atoms with Gasteiger partial charge in [0.25, 0.3) is 0 Å². The Labute approximate surface area is 67.5 Å². The normalized spacial score (nSPS) is 16.5. The number of rotatable bonds is 2. The SMILES string of the molecule is CC(C)(C)C(O)CS(N)(=O)=O. The maximum absolute atomic E-state index is 10.5. The summed E-state index contributed by atoms with van der Waals surface area (Å²) >= 11 is 0. The van der Waals surface area contributed by atoms with Crippen molar-refractivity contribution in [2.24, 2.45) is 10.6 Å². The largest absolute Gasteiger partial charge is 0.391 e. The Morgan fingerprint density at radius 3 is 1.91 bits per heavy atom. The summed E-state index contributed by atoms with van der Waals surface area (Å²) < 4.78 is 21.0. The fourth-order valence-electron chi connectivity index (χ4n) is 0.470. The minimum atomic E-state index is -3.56. The summed E-state index contributed by atoms with van der Waals surface area (Å²) in [5.74, 6) is -0.378. The molecule has 0 amide bonds. The quantitative estimate of drug-likeness (QED) is 0.612. The summed E-state index contributed by atoms with van der Waals surface area (Å²) in [6, 6.07) is 0. The maximum atomic E-state index is 10.5. The van der Waals surface area contributed by atoms with Gasteiger partial charge in [-0.3, -0.25) is 0 Å². The van der Waals surface area contributed by atoms with E-state index in [1.54, 1.807) is 20.8 Å². The molecule has 0 aliphatic carbocycles.